The van der Waals surface area contributed by atoms with Crippen molar-refractivity contribution in [2.75, 3.05) is 5.32 Å². The molecule has 0 aromatic heterocycles. The predicted molar refractivity (Wildman–Crippen MR) is 80.6 cm³/mol. The number of hydrogen-bond donors (Lipinski definition) is 1. The minimum absolute atomic E-state index is 0.256. The van der Waals surface area contributed by atoms with Gasteiger partial charge >= 0.3 is 0 Å². The lowest BCUT2D eigenvalue weighted by Crippen LogP contribution is -2.08. The Kier molecular flexibility index (Phi) is 4.61. The quantitative estimate of drug-likeness (QED) is 0.820. The average molecular weight is 292 g/mol. The van der Waals surface area contributed by atoms with E-state index in [2.05, 4.69) is 5.32 Å². The summed E-state index contributed by atoms with van der Waals surface area (Å²) in [7, 11) is 0. The first-order valence-corrected chi connectivity index (χ1v) is 6.40. The van der Waals surface area contributed by atoms with Crippen LogP contribution < -0.4 is 5.32 Å². The molecule has 0 atom stereocenters. The molecule has 0 heterocycles. The fraction of sp³-hybridized carbons (Fsp3) is 0. The summed E-state index contributed by atoms with van der Waals surface area (Å²) in [6, 6.07) is 14.7. The minimum Gasteiger partial charge on any atom is -0.321 e. The van der Waals surface area contributed by atoms with E-state index < -0.39 is 0 Å². The second-order valence-corrected chi connectivity index (χ2v) is 4.62. The molecule has 4 heteroatoms. The van der Waals surface area contributed by atoms with Crippen LogP contribution in [0.2, 0.25) is 10.0 Å². The molecule has 0 fully saturated rings. The van der Waals surface area contributed by atoms with Crippen LogP contribution in [0.1, 0.15) is 5.56 Å². The van der Waals surface area contributed by atoms with Gasteiger partial charge in [0.15, 0.2) is 0 Å². The summed E-state index contributed by atoms with van der Waals surface area (Å²) in [5.74, 6) is -0.256. The van der Waals surface area contributed by atoms with Crippen molar-refractivity contribution in [2.24, 2.45) is 0 Å². The third kappa shape index (κ3) is 3.85. The van der Waals surface area contributed by atoms with Crippen molar-refractivity contribution >= 4 is 40.9 Å². The van der Waals surface area contributed by atoms with Crippen LogP contribution in [0.3, 0.4) is 0 Å². The largest absolute Gasteiger partial charge is 0.321 e. The number of hydrogen-bond acceptors (Lipinski definition) is 1. The van der Waals surface area contributed by atoms with Gasteiger partial charge in [-0.1, -0.05) is 59.6 Å². The number of benzene rings is 2. The molecule has 1 amide bonds. The molecule has 1 N–H and O–H groups in total. The highest BCUT2D eigenvalue weighted by Crippen LogP contribution is 2.29. The molecule has 2 nitrogen and oxygen atoms in total. The van der Waals surface area contributed by atoms with Gasteiger partial charge in [-0.25, -0.2) is 0 Å². The Labute approximate surface area is 121 Å². The van der Waals surface area contributed by atoms with E-state index in [0.717, 1.165) is 5.56 Å². The highest BCUT2D eigenvalue weighted by atomic mass is 35.5. The molecule has 0 aliphatic rings. The van der Waals surface area contributed by atoms with E-state index in [0.29, 0.717) is 15.7 Å². The number of halogens is 2. The number of amides is 1. The lowest BCUT2D eigenvalue weighted by Gasteiger charge is -2.05. The zero-order chi connectivity index (χ0) is 13.7. The van der Waals surface area contributed by atoms with Crippen LogP contribution in [-0.4, -0.2) is 5.91 Å². The smallest absolute Gasteiger partial charge is 0.248 e. The molecular weight excluding hydrogens is 281 g/mol. The van der Waals surface area contributed by atoms with Crippen LogP contribution in [0.15, 0.2) is 54.6 Å². The van der Waals surface area contributed by atoms with Gasteiger partial charge in [0, 0.05) is 6.08 Å². The van der Waals surface area contributed by atoms with Crippen LogP contribution in [0.5, 0.6) is 0 Å². The summed E-state index contributed by atoms with van der Waals surface area (Å²) in [5.41, 5.74) is 1.45. The van der Waals surface area contributed by atoms with Crippen LogP contribution in [0.25, 0.3) is 6.08 Å². The average Bonchev–Trinajstić information content (AvgIpc) is 2.43. The first-order valence-electron chi connectivity index (χ1n) is 5.65. The van der Waals surface area contributed by atoms with Crippen LogP contribution in [0, 0.1) is 0 Å². The summed E-state index contributed by atoms with van der Waals surface area (Å²) in [6.45, 7) is 0. The molecule has 0 aliphatic heterocycles. The highest BCUT2D eigenvalue weighted by Gasteiger charge is 2.05. The van der Waals surface area contributed by atoms with Crippen molar-refractivity contribution in [3.8, 4) is 0 Å². The van der Waals surface area contributed by atoms with Crippen molar-refractivity contribution in [2.45, 2.75) is 0 Å². The van der Waals surface area contributed by atoms with Crippen LogP contribution in [0.4, 0.5) is 5.69 Å². The third-order valence-electron chi connectivity index (χ3n) is 2.44. The van der Waals surface area contributed by atoms with Crippen LogP contribution >= 0.6 is 23.2 Å². The summed E-state index contributed by atoms with van der Waals surface area (Å²) >= 11 is 11.9. The minimum atomic E-state index is -0.256. The Hall–Kier alpha value is -1.77. The SMILES string of the molecule is O=C(C=Cc1ccccc1)Nc1cccc(Cl)c1Cl. The van der Waals surface area contributed by atoms with Gasteiger partial charge in [0.1, 0.15) is 0 Å². The molecule has 2 rings (SSSR count). The van der Waals surface area contributed by atoms with E-state index in [1.54, 1.807) is 24.3 Å². The highest BCUT2D eigenvalue weighted by molar-refractivity contribution is 6.44. The van der Waals surface area contributed by atoms with E-state index in [9.17, 15) is 4.79 Å². The fourth-order valence-electron chi connectivity index (χ4n) is 1.51. The molecule has 96 valence electrons. The van der Waals surface area contributed by atoms with Gasteiger partial charge in [-0.05, 0) is 23.8 Å². The lowest BCUT2D eigenvalue weighted by atomic mass is 10.2. The molecule has 0 saturated carbocycles. The van der Waals surface area contributed by atoms with Gasteiger partial charge < -0.3 is 5.32 Å². The molecule has 0 bridgehead atoms. The lowest BCUT2D eigenvalue weighted by molar-refractivity contribution is -0.111. The molecule has 0 spiro atoms. The van der Waals surface area contributed by atoms with Gasteiger partial charge in [0.2, 0.25) is 5.91 Å². The van der Waals surface area contributed by atoms with E-state index in [-0.39, 0.29) is 5.91 Å². The van der Waals surface area contributed by atoms with Crippen molar-refractivity contribution in [1.29, 1.82) is 0 Å². The van der Waals surface area contributed by atoms with E-state index in [4.69, 9.17) is 23.2 Å². The van der Waals surface area contributed by atoms with Gasteiger partial charge in [-0.3, -0.25) is 4.79 Å². The normalized spacial score (nSPS) is 10.6. The van der Waals surface area contributed by atoms with Crippen LogP contribution in [-0.2, 0) is 4.79 Å². The first-order chi connectivity index (χ1) is 9.16. The molecule has 0 radical (unpaired) electrons. The van der Waals surface area contributed by atoms with Gasteiger partial charge in [-0.15, -0.1) is 0 Å². The molecule has 2 aromatic carbocycles. The molecule has 2 aromatic rings. The first kappa shape index (κ1) is 13.7. The molecular formula is C15H11Cl2NO. The van der Waals surface area contributed by atoms with Gasteiger partial charge in [0.25, 0.3) is 0 Å². The van der Waals surface area contributed by atoms with Crippen molar-refractivity contribution in [1.82, 2.24) is 0 Å². The number of carbonyl (C=O) groups excluding carboxylic acids is 1. The number of nitrogens with one attached hydrogen (secondary N) is 1. The van der Waals surface area contributed by atoms with E-state index in [1.807, 2.05) is 30.3 Å². The maximum absolute atomic E-state index is 11.7. The maximum Gasteiger partial charge on any atom is 0.248 e. The Morgan fingerprint density at radius 3 is 2.47 bits per heavy atom. The Morgan fingerprint density at radius 1 is 1.00 bits per heavy atom. The predicted octanol–water partition coefficient (Wildman–Crippen LogP) is 4.65. The van der Waals surface area contributed by atoms with Crippen molar-refractivity contribution in [3.05, 3.63) is 70.2 Å². The zero-order valence-electron chi connectivity index (χ0n) is 9.94. The fourth-order valence-corrected chi connectivity index (χ4v) is 1.86. The van der Waals surface area contributed by atoms with Crippen molar-refractivity contribution in [3.63, 3.8) is 0 Å². The summed E-state index contributed by atoms with van der Waals surface area (Å²) < 4.78 is 0. The summed E-state index contributed by atoms with van der Waals surface area (Å²) in [6.07, 6.45) is 3.18. The second-order valence-electron chi connectivity index (χ2n) is 3.83. The maximum atomic E-state index is 11.7. The molecule has 0 unspecified atom stereocenters. The Balaban J connectivity index is 2.06. The Morgan fingerprint density at radius 2 is 1.74 bits per heavy atom. The summed E-state index contributed by atoms with van der Waals surface area (Å²) in [4.78, 5) is 11.7. The second kappa shape index (κ2) is 6.41. The topological polar surface area (TPSA) is 29.1 Å². The number of anilines is 1. The number of rotatable bonds is 3. The van der Waals surface area contributed by atoms with E-state index in [1.165, 1.54) is 6.08 Å². The molecule has 0 saturated heterocycles. The molecule has 19 heavy (non-hydrogen) atoms. The van der Waals surface area contributed by atoms with E-state index >= 15 is 0 Å². The zero-order valence-corrected chi connectivity index (χ0v) is 11.4. The molecule has 0 aliphatic carbocycles. The summed E-state index contributed by atoms with van der Waals surface area (Å²) in [5, 5.41) is 3.43. The monoisotopic (exact) mass is 291 g/mol. The van der Waals surface area contributed by atoms with Gasteiger partial charge in [0.05, 0.1) is 15.7 Å². The number of carbonyl (C=O) groups is 1. The van der Waals surface area contributed by atoms with Gasteiger partial charge in [-0.2, -0.15) is 0 Å². The third-order valence-corrected chi connectivity index (χ3v) is 3.26. The van der Waals surface area contributed by atoms with Crippen molar-refractivity contribution < 1.29 is 4.79 Å². The Bertz CT molecular complexity index is 609. The standard InChI is InChI=1S/C15H11Cl2NO/c16-12-7-4-8-13(15(12)17)18-14(19)10-9-11-5-2-1-3-6-11/h1-10H,(H,18,19).